The summed E-state index contributed by atoms with van der Waals surface area (Å²) in [5.41, 5.74) is 2.38. The van der Waals surface area contributed by atoms with E-state index in [0.717, 1.165) is 17.7 Å². The maximum absolute atomic E-state index is 5.04. The number of ether oxygens (including phenoxy) is 1. The topological polar surface area (TPSA) is 9.23 Å². The molecule has 1 heteroatoms. The Hall–Kier alpha value is -1.24. The molecule has 0 aliphatic rings. The van der Waals surface area contributed by atoms with Crippen molar-refractivity contribution in [3.63, 3.8) is 0 Å². The number of methoxy groups -OCH3 is 1. The molecule has 0 aliphatic carbocycles. The van der Waals surface area contributed by atoms with Crippen molar-refractivity contribution in [2.24, 2.45) is 0 Å². The smallest absolute Gasteiger partial charge is 0.118 e. The van der Waals surface area contributed by atoms with E-state index in [1.807, 2.05) is 26.0 Å². The molecule has 0 radical (unpaired) electrons. The SMILES string of the molecule is C=C(OC)c1cccc(CC)c1.CC. The van der Waals surface area contributed by atoms with Gasteiger partial charge in [-0.2, -0.15) is 0 Å². The van der Waals surface area contributed by atoms with E-state index in [2.05, 4.69) is 25.6 Å². The molecular weight excluding hydrogens is 172 g/mol. The van der Waals surface area contributed by atoms with Crippen LogP contribution in [0, 0.1) is 0 Å². The Kier molecular flexibility index (Phi) is 6.55. The summed E-state index contributed by atoms with van der Waals surface area (Å²) in [5, 5.41) is 0. The Labute approximate surface area is 87.4 Å². The van der Waals surface area contributed by atoms with Gasteiger partial charge in [-0.25, -0.2) is 0 Å². The number of benzene rings is 1. The predicted octanol–water partition coefficient (Wildman–Crippen LogP) is 3.89. The largest absolute Gasteiger partial charge is 0.497 e. The third-order valence-electron chi connectivity index (χ3n) is 1.90. The molecule has 1 aromatic rings. The monoisotopic (exact) mass is 192 g/mol. The van der Waals surface area contributed by atoms with Crippen molar-refractivity contribution >= 4 is 5.76 Å². The first-order chi connectivity index (χ1) is 6.77. The molecule has 0 bridgehead atoms. The molecule has 0 aliphatic heterocycles. The lowest BCUT2D eigenvalue weighted by Gasteiger charge is -2.05. The van der Waals surface area contributed by atoms with Gasteiger partial charge in [-0.3, -0.25) is 0 Å². The van der Waals surface area contributed by atoms with Crippen molar-refractivity contribution in [1.29, 1.82) is 0 Å². The molecule has 1 nitrogen and oxygen atoms in total. The molecule has 14 heavy (non-hydrogen) atoms. The zero-order chi connectivity index (χ0) is 11.0. The highest BCUT2D eigenvalue weighted by Crippen LogP contribution is 2.14. The first kappa shape index (κ1) is 12.8. The van der Waals surface area contributed by atoms with Crippen LogP contribution in [-0.2, 0) is 11.2 Å². The molecule has 1 aromatic carbocycles. The fraction of sp³-hybridized carbons (Fsp3) is 0.385. The van der Waals surface area contributed by atoms with Crippen molar-refractivity contribution in [3.8, 4) is 0 Å². The lowest BCUT2D eigenvalue weighted by atomic mass is 10.1. The van der Waals surface area contributed by atoms with Crippen molar-refractivity contribution in [1.82, 2.24) is 0 Å². The van der Waals surface area contributed by atoms with Crippen LogP contribution in [0.25, 0.3) is 5.76 Å². The lowest BCUT2D eigenvalue weighted by Crippen LogP contribution is -1.87. The van der Waals surface area contributed by atoms with Crippen LogP contribution >= 0.6 is 0 Å². The van der Waals surface area contributed by atoms with Crippen LogP contribution in [0.15, 0.2) is 30.8 Å². The van der Waals surface area contributed by atoms with Gasteiger partial charge in [0.1, 0.15) is 5.76 Å². The fourth-order valence-electron chi connectivity index (χ4n) is 1.08. The van der Waals surface area contributed by atoms with Crippen LogP contribution < -0.4 is 0 Å². The molecule has 0 unspecified atom stereocenters. The minimum Gasteiger partial charge on any atom is -0.497 e. The maximum atomic E-state index is 5.04. The Morgan fingerprint density at radius 1 is 1.36 bits per heavy atom. The summed E-state index contributed by atoms with van der Waals surface area (Å²) in [6, 6.07) is 8.24. The van der Waals surface area contributed by atoms with Gasteiger partial charge < -0.3 is 4.74 Å². The van der Waals surface area contributed by atoms with Gasteiger partial charge in [0.15, 0.2) is 0 Å². The van der Waals surface area contributed by atoms with Crippen LogP contribution in [0.3, 0.4) is 0 Å². The quantitative estimate of drug-likeness (QED) is 0.660. The van der Waals surface area contributed by atoms with Crippen molar-refractivity contribution in [2.45, 2.75) is 27.2 Å². The van der Waals surface area contributed by atoms with Gasteiger partial charge in [0.2, 0.25) is 0 Å². The molecule has 0 atom stereocenters. The summed E-state index contributed by atoms with van der Waals surface area (Å²) < 4.78 is 5.04. The van der Waals surface area contributed by atoms with Gasteiger partial charge in [-0.15, -0.1) is 0 Å². The lowest BCUT2D eigenvalue weighted by molar-refractivity contribution is 0.371. The highest BCUT2D eigenvalue weighted by atomic mass is 16.5. The fourth-order valence-corrected chi connectivity index (χ4v) is 1.08. The zero-order valence-electron chi connectivity index (χ0n) is 9.63. The summed E-state index contributed by atoms with van der Waals surface area (Å²) in [6.07, 6.45) is 1.05. The number of hydrogen-bond donors (Lipinski definition) is 0. The zero-order valence-corrected chi connectivity index (χ0v) is 9.63. The second-order valence-electron chi connectivity index (χ2n) is 2.68. The molecule has 0 heterocycles. The molecule has 0 aromatic heterocycles. The number of hydrogen-bond acceptors (Lipinski definition) is 1. The molecule has 78 valence electrons. The van der Waals surface area contributed by atoms with Crippen molar-refractivity contribution in [3.05, 3.63) is 42.0 Å². The van der Waals surface area contributed by atoms with E-state index in [9.17, 15) is 0 Å². The first-order valence-corrected chi connectivity index (χ1v) is 5.10. The maximum Gasteiger partial charge on any atom is 0.118 e. The molecule has 0 saturated heterocycles. The van der Waals surface area contributed by atoms with E-state index in [0.29, 0.717) is 0 Å². The molecule has 0 amide bonds. The highest BCUT2D eigenvalue weighted by molar-refractivity contribution is 5.57. The molecule has 0 N–H and O–H groups in total. The molecule has 1 rings (SSSR count). The van der Waals surface area contributed by atoms with Crippen LogP contribution in [0.5, 0.6) is 0 Å². The van der Waals surface area contributed by atoms with Crippen LogP contribution in [0.4, 0.5) is 0 Å². The normalized spacial score (nSPS) is 8.57. The van der Waals surface area contributed by atoms with E-state index in [4.69, 9.17) is 4.74 Å². The summed E-state index contributed by atoms with van der Waals surface area (Å²) in [7, 11) is 1.64. The third kappa shape index (κ3) is 3.65. The van der Waals surface area contributed by atoms with E-state index in [-0.39, 0.29) is 0 Å². The van der Waals surface area contributed by atoms with Gasteiger partial charge in [-0.05, 0) is 18.1 Å². The van der Waals surface area contributed by atoms with Crippen LogP contribution in [0.1, 0.15) is 31.9 Å². The van der Waals surface area contributed by atoms with E-state index in [1.165, 1.54) is 5.56 Å². The molecule has 0 fully saturated rings. The average molecular weight is 192 g/mol. The molecule has 0 spiro atoms. The van der Waals surface area contributed by atoms with Gasteiger partial charge in [0.05, 0.1) is 7.11 Å². The summed E-state index contributed by atoms with van der Waals surface area (Å²) in [6.45, 7) is 9.93. The highest BCUT2D eigenvalue weighted by Gasteiger charge is 1.97. The Morgan fingerprint density at radius 3 is 2.50 bits per heavy atom. The van der Waals surface area contributed by atoms with E-state index >= 15 is 0 Å². The van der Waals surface area contributed by atoms with Gasteiger partial charge in [0.25, 0.3) is 0 Å². The minimum absolute atomic E-state index is 0.727. The molecule has 0 saturated carbocycles. The third-order valence-corrected chi connectivity index (χ3v) is 1.90. The predicted molar refractivity (Wildman–Crippen MR) is 63.2 cm³/mol. The first-order valence-electron chi connectivity index (χ1n) is 5.10. The summed E-state index contributed by atoms with van der Waals surface area (Å²) >= 11 is 0. The van der Waals surface area contributed by atoms with Gasteiger partial charge >= 0.3 is 0 Å². The van der Waals surface area contributed by atoms with Crippen LogP contribution in [-0.4, -0.2) is 7.11 Å². The molecular formula is C13H20O. The van der Waals surface area contributed by atoms with Gasteiger partial charge in [-0.1, -0.05) is 45.5 Å². The second-order valence-corrected chi connectivity index (χ2v) is 2.68. The minimum atomic E-state index is 0.727. The number of rotatable bonds is 3. The Morgan fingerprint density at radius 2 is 2.00 bits per heavy atom. The standard InChI is InChI=1S/C11H14O.C2H6/c1-4-10-6-5-7-11(8-10)9(2)12-3;1-2/h5-8H,2,4H2,1,3H3;1-2H3. The van der Waals surface area contributed by atoms with Gasteiger partial charge in [0, 0.05) is 5.56 Å². The number of aryl methyl sites for hydroxylation is 1. The Balaban J connectivity index is 0.000000791. The second kappa shape index (κ2) is 7.19. The summed E-state index contributed by atoms with van der Waals surface area (Å²) in [5.74, 6) is 0.727. The van der Waals surface area contributed by atoms with E-state index < -0.39 is 0 Å². The van der Waals surface area contributed by atoms with Crippen molar-refractivity contribution < 1.29 is 4.74 Å². The Bertz CT molecular complexity index is 276. The average Bonchev–Trinajstić information content (AvgIpc) is 2.30. The van der Waals surface area contributed by atoms with E-state index in [1.54, 1.807) is 7.11 Å². The summed E-state index contributed by atoms with van der Waals surface area (Å²) in [4.78, 5) is 0. The van der Waals surface area contributed by atoms with Crippen LogP contribution in [0.2, 0.25) is 0 Å². The van der Waals surface area contributed by atoms with Crippen molar-refractivity contribution in [2.75, 3.05) is 7.11 Å².